The molecule has 1 saturated carbocycles. The average molecular weight is 279 g/mol. The number of thiophene rings is 1. The minimum atomic E-state index is 0.497. The Kier molecular flexibility index (Phi) is 5.47. The molecule has 0 aromatic carbocycles. The summed E-state index contributed by atoms with van der Waals surface area (Å²) in [5.41, 5.74) is 1.51. The second kappa shape index (κ2) is 6.90. The topological polar surface area (TPSA) is 12.0 Å². The number of rotatable bonds is 5. The first-order valence-electron chi connectivity index (χ1n) is 7.94. The molecule has 1 heterocycles. The molecule has 0 spiro atoms. The predicted octanol–water partition coefficient (Wildman–Crippen LogP) is 5.37. The molecule has 1 N–H and O–H groups in total. The van der Waals surface area contributed by atoms with Gasteiger partial charge < -0.3 is 5.32 Å². The van der Waals surface area contributed by atoms with E-state index in [9.17, 15) is 0 Å². The zero-order valence-corrected chi connectivity index (χ0v) is 13.8. The van der Waals surface area contributed by atoms with Crippen molar-refractivity contribution in [3.05, 3.63) is 21.4 Å². The van der Waals surface area contributed by atoms with Crippen LogP contribution in [0.1, 0.15) is 73.7 Å². The number of aryl methyl sites for hydroxylation is 2. The third-order valence-electron chi connectivity index (χ3n) is 4.67. The summed E-state index contributed by atoms with van der Waals surface area (Å²) < 4.78 is 0. The lowest BCUT2D eigenvalue weighted by molar-refractivity contribution is 0.249. The minimum Gasteiger partial charge on any atom is -0.307 e. The highest BCUT2D eigenvalue weighted by Gasteiger charge is 2.24. The molecule has 0 amide bonds. The van der Waals surface area contributed by atoms with Crippen LogP contribution in [0.3, 0.4) is 0 Å². The highest BCUT2D eigenvalue weighted by atomic mass is 32.1. The summed E-state index contributed by atoms with van der Waals surface area (Å²) in [5.74, 6) is 0.904. The van der Waals surface area contributed by atoms with Crippen LogP contribution < -0.4 is 5.32 Å². The molecule has 1 aromatic rings. The van der Waals surface area contributed by atoms with Crippen LogP contribution in [-0.4, -0.2) is 6.04 Å². The van der Waals surface area contributed by atoms with Crippen LogP contribution >= 0.6 is 11.3 Å². The van der Waals surface area contributed by atoms with Gasteiger partial charge in [0.1, 0.15) is 0 Å². The molecule has 0 aliphatic heterocycles. The van der Waals surface area contributed by atoms with Crippen molar-refractivity contribution >= 4 is 11.3 Å². The molecule has 0 bridgehead atoms. The summed E-state index contributed by atoms with van der Waals surface area (Å²) in [6.45, 7) is 9.14. The third-order valence-corrected chi connectivity index (χ3v) is 5.65. The van der Waals surface area contributed by atoms with Gasteiger partial charge in [0.05, 0.1) is 0 Å². The van der Waals surface area contributed by atoms with Crippen LogP contribution in [0.4, 0.5) is 0 Å². The normalized spacial score (nSPS) is 20.4. The minimum absolute atomic E-state index is 0.497. The van der Waals surface area contributed by atoms with Crippen molar-refractivity contribution in [3.8, 4) is 0 Å². The maximum absolute atomic E-state index is 3.91. The SMILES string of the molecule is CCC(NC(C)c1cc(C)sc1C)C1CCCCC1. The van der Waals surface area contributed by atoms with Gasteiger partial charge in [-0.2, -0.15) is 0 Å². The molecule has 108 valence electrons. The first-order chi connectivity index (χ1) is 9.11. The first-order valence-corrected chi connectivity index (χ1v) is 8.76. The molecule has 2 heteroatoms. The van der Waals surface area contributed by atoms with Crippen molar-refractivity contribution < 1.29 is 0 Å². The molecule has 1 aliphatic carbocycles. The quantitative estimate of drug-likeness (QED) is 0.763. The van der Waals surface area contributed by atoms with Gasteiger partial charge in [-0.1, -0.05) is 26.2 Å². The molecule has 0 saturated heterocycles. The van der Waals surface area contributed by atoms with Crippen LogP contribution in [0.25, 0.3) is 0 Å². The fourth-order valence-electron chi connectivity index (χ4n) is 3.62. The standard InChI is InChI=1S/C17H29NS/c1-5-17(15-9-7-6-8-10-15)18-13(3)16-11-12(2)19-14(16)4/h11,13,15,17-18H,5-10H2,1-4H3. The van der Waals surface area contributed by atoms with Crippen LogP contribution in [-0.2, 0) is 0 Å². The van der Waals surface area contributed by atoms with Gasteiger partial charge in [0, 0.05) is 21.8 Å². The lowest BCUT2D eigenvalue weighted by atomic mass is 9.82. The smallest absolute Gasteiger partial charge is 0.0305 e. The van der Waals surface area contributed by atoms with Crippen molar-refractivity contribution in [1.29, 1.82) is 0 Å². The summed E-state index contributed by atoms with van der Waals surface area (Å²) in [6, 6.07) is 3.57. The zero-order valence-electron chi connectivity index (χ0n) is 13.0. The molecule has 2 unspecified atom stereocenters. The Morgan fingerprint density at radius 3 is 2.47 bits per heavy atom. The molecule has 19 heavy (non-hydrogen) atoms. The third kappa shape index (κ3) is 3.82. The van der Waals surface area contributed by atoms with Crippen LogP contribution in [0, 0.1) is 19.8 Å². The Hall–Kier alpha value is -0.340. The van der Waals surface area contributed by atoms with Crippen molar-refractivity contribution in [2.24, 2.45) is 5.92 Å². The highest BCUT2D eigenvalue weighted by molar-refractivity contribution is 7.12. The lowest BCUT2D eigenvalue weighted by Crippen LogP contribution is -2.38. The Morgan fingerprint density at radius 1 is 1.26 bits per heavy atom. The maximum Gasteiger partial charge on any atom is 0.0305 e. The predicted molar refractivity (Wildman–Crippen MR) is 86.0 cm³/mol. The molecule has 1 fully saturated rings. The van der Waals surface area contributed by atoms with Crippen molar-refractivity contribution in [3.63, 3.8) is 0 Å². The van der Waals surface area contributed by atoms with Crippen molar-refractivity contribution in [2.45, 2.75) is 78.3 Å². The van der Waals surface area contributed by atoms with E-state index in [1.807, 2.05) is 11.3 Å². The Bertz CT molecular complexity index is 390. The van der Waals surface area contributed by atoms with Crippen LogP contribution in [0.15, 0.2) is 6.07 Å². The number of hydrogen-bond acceptors (Lipinski definition) is 2. The summed E-state index contributed by atoms with van der Waals surface area (Å²) in [7, 11) is 0. The van der Waals surface area contributed by atoms with Crippen molar-refractivity contribution in [2.75, 3.05) is 0 Å². The van der Waals surface area contributed by atoms with Gasteiger partial charge in [0.15, 0.2) is 0 Å². The Balaban J connectivity index is 1.99. The van der Waals surface area contributed by atoms with E-state index < -0.39 is 0 Å². The fraction of sp³-hybridized carbons (Fsp3) is 0.765. The monoisotopic (exact) mass is 279 g/mol. The zero-order chi connectivity index (χ0) is 13.8. The van der Waals surface area contributed by atoms with E-state index in [1.54, 1.807) is 0 Å². The summed E-state index contributed by atoms with van der Waals surface area (Å²) >= 11 is 1.93. The van der Waals surface area contributed by atoms with E-state index in [-0.39, 0.29) is 0 Å². The summed E-state index contributed by atoms with van der Waals surface area (Å²) in [6.07, 6.45) is 8.45. The van der Waals surface area contributed by atoms with Crippen molar-refractivity contribution in [1.82, 2.24) is 5.32 Å². The largest absolute Gasteiger partial charge is 0.307 e. The van der Waals surface area contributed by atoms with E-state index in [2.05, 4.69) is 39.1 Å². The molecule has 2 atom stereocenters. The molecule has 1 nitrogen and oxygen atoms in total. The Labute approximate surface area is 122 Å². The van der Waals surface area contributed by atoms with Gasteiger partial charge in [0.25, 0.3) is 0 Å². The van der Waals surface area contributed by atoms with Gasteiger partial charge in [0.2, 0.25) is 0 Å². The first kappa shape index (κ1) is 15.1. The molecule has 2 rings (SSSR count). The molecule has 0 radical (unpaired) electrons. The number of hydrogen-bond donors (Lipinski definition) is 1. The van der Waals surface area contributed by atoms with E-state index in [0.717, 1.165) is 5.92 Å². The summed E-state index contributed by atoms with van der Waals surface area (Å²) in [5, 5.41) is 3.91. The van der Waals surface area contributed by atoms with E-state index in [4.69, 9.17) is 0 Å². The van der Waals surface area contributed by atoms with Gasteiger partial charge in [-0.25, -0.2) is 0 Å². The molecule has 1 aromatic heterocycles. The van der Waals surface area contributed by atoms with Crippen LogP contribution in [0.2, 0.25) is 0 Å². The highest BCUT2D eigenvalue weighted by Crippen LogP contribution is 2.31. The van der Waals surface area contributed by atoms with Gasteiger partial charge in [-0.05, 0) is 57.6 Å². The Morgan fingerprint density at radius 2 is 1.95 bits per heavy atom. The molecule has 1 aliphatic rings. The maximum atomic E-state index is 3.91. The van der Waals surface area contributed by atoms with E-state index in [1.165, 1.54) is 53.8 Å². The molecular weight excluding hydrogens is 250 g/mol. The van der Waals surface area contributed by atoms with Gasteiger partial charge in [-0.3, -0.25) is 0 Å². The molecular formula is C17H29NS. The fourth-order valence-corrected chi connectivity index (χ4v) is 4.64. The van der Waals surface area contributed by atoms with Crippen LogP contribution in [0.5, 0.6) is 0 Å². The van der Waals surface area contributed by atoms with Gasteiger partial charge in [-0.15, -0.1) is 11.3 Å². The lowest BCUT2D eigenvalue weighted by Gasteiger charge is -2.32. The average Bonchev–Trinajstić information content (AvgIpc) is 2.76. The van der Waals surface area contributed by atoms with E-state index in [0.29, 0.717) is 12.1 Å². The van der Waals surface area contributed by atoms with Gasteiger partial charge >= 0.3 is 0 Å². The second-order valence-electron chi connectivity index (χ2n) is 6.17. The number of nitrogens with one attached hydrogen (secondary N) is 1. The summed E-state index contributed by atoms with van der Waals surface area (Å²) in [4.78, 5) is 2.92. The van der Waals surface area contributed by atoms with E-state index >= 15 is 0 Å². The second-order valence-corrected chi connectivity index (χ2v) is 7.63.